The Balaban J connectivity index is 2.95. The van der Waals surface area contributed by atoms with Crippen LogP contribution in [0.4, 0.5) is 0 Å². The van der Waals surface area contributed by atoms with Crippen molar-refractivity contribution in [3.8, 4) is 0 Å². The zero-order valence-electron chi connectivity index (χ0n) is 4.59. The van der Waals surface area contributed by atoms with Gasteiger partial charge in [-0.1, -0.05) is 6.07 Å². The molecule has 0 radical (unpaired) electrons. The Hall–Kier alpha value is -1.49. The van der Waals surface area contributed by atoms with Gasteiger partial charge >= 0.3 is 0 Å². The number of nitrogens with zero attached hydrogens (tertiary/aromatic N) is 1. The molecule has 0 aliphatic heterocycles. The largest absolute Gasteiger partial charge is 0.443 e. The maximum atomic E-state index is 4.96. The summed E-state index contributed by atoms with van der Waals surface area (Å²) in [7, 11) is 0. The van der Waals surface area contributed by atoms with Gasteiger partial charge in [0.1, 0.15) is 0 Å². The third kappa shape index (κ3) is 0.550. The lowest BCUT2D eigenvalue weighted by molar-refractivity contribution is 0.602. The normalized spacial score (nSPS) is 9.33. The summed E-state index contributed by atoms with van der Waals surface area (Å²) in [5.74, 6) is 0. The van der Waals surface area contributed by atoms with Crippen molar-refractivity contribution in [3.63, 3.8) is 0 Å². The average Bonchev–Trinajstić information content (AvgIpc) is 2.33. The molecule has 0 N–H and O–H groups in total. The topological polar surface area (TPSA) is 26.0 Å². The van der Waals surface area contributed by atoms with Crippen LogP contribution in [0.25, 0.3) is 11.1 Å². The maximum absolute atomic E-state index is 4.96. The summed E-state index contributed by atoms with van der Waals surface area (Å²) in [5, 5.41) is 0. The lowest BCUT2D eigenvalue weighted by Crippen LogP contribution is -1.58. The average molecular weight is 117 g/mol. The van der Waals surface area contributed by atoms with E-state index < -0.39 is 0 Å². The Morgan fingerprint density at radius 3 is 3.44 bits per heavy atom. The molecule has 9 heavy (non-hydrogen) atoms. The number of hydrogen-bond donors (Lipinski definition) is 0. The third-order valence-electron chi connectivity index (χ3n) is 1.10. The molecule has 0 atom stereocenters. The predicted octanol–water partition coefficient (Wildman–Crippen LogP) is 1.43. The zero-order chi connectivity index (χ0) is 6.10. The number of aromatic nitrogens is 1. The first-order valence-corrected chi connectivity index (χ1v) is 2.58. The molecule has 2 rings (SSSR count). The predicted molar refractivity (Wildman–Crippen MR) is 31.7 cm³/mol. The highest BCUT2D eigenvalue weighted by molar-refractivity contribution is 5.69. The third-order valence-corrected chi connectivity index (χ3v) is 1.10. The second-order valence-corrected chi connectivity index (χ2v) is 1.67. The second kappa shape index (κ2) is 1.49. The lowest BCUT2D eigenvalue weighted by atomic mass is 10.4. The van der Waals surface area contributed by atoms with Gasteiger partial charge in [0.2, 0.25) is 0 Å². The smallest absolute Gasteiger partial charge is 0.182 e. The molecule has 0 spiro atoms. The minimum Gasteiger partial charge on any atom is -0.443 e. The number of fused-ring (bicyclic) bond motifs is 1. The van der Waals surface area contributed by atoms with Gasteiger partial charge in [-0.3, -0.25) is 0 Å². The van der Waals surface area contributed by atoms with Gasteiger partial charge in [-0.2, -0.15) is 0 Å². The van der Waals surface area contributed by atoms with Crippen LogP contribution in [0.15, 0.2) is 22.9 Å². The summed E-state index contributed by atoms with van der Waals surface area (Å²) < 4.78 is 4.96. The van der Waals surface area contributed by atoms with Crippen molar-refractivity contribution in [1.82, 2.24) is 4.98 Å². The molecule has 0 amide bonds. The number of rotatable bonds is 0. The molecule has 2 heteroatoms. The molecule has 0 fully saturated rings. The van der Waals surface area contributed by atoms with Gasteiger partial charge in [-0.25, -0.2) is 4.98 Å². The first-order valence-electron chi connectivity index (χ1n) is 2.58. The summed E-state index contributed by atoms with van der Waals surface area (Å²) in [6, 6.07) is 9.12. The fraction of sp³-hybridized carbons (Fsp3) is 0. The highest BCUT2D eigenvalue weighted by Gasteiger charge is 1.90. The molecule has 2 aromatic rings. The highest BCUT2D eigenvalue weighted by atomic mass is 16.3. The molecule has 1 aromatic carbocycles. The zero-order valence-corrected chi connectivity index (χ0v) is 4.59. The van der Waals surface area contributed by atoms with Gasteiger partial charge in [-0.15, -0.1) is 0 Å². The Kier molecular flexibility index (Phi) is 0.729. The van der Waals surface area contributed by atoms with E-state index in [4.69, 9.17) is 4.42 Å². The molecule has 0 bridgehead atoms. The molecule has 0 saturated carbocycles. The van der Waals surface area contributed by atoms with E-state index in [0.717, 1.165) is 11.1 Å². The van der Waals surface area contributed by atoms with Gasteiger partial charge in [0.15, 0.2) is 17.5 Å². The Labute approximate surface area is 52.1 Å². The van der Waals surface area contributed by atoms with Crippen molar-refractivity contribution in [1.29, 1.82) is 0 Å². The van der Waals surface area contributed by atoms with Gasteiger partial charge < -0.3 is 4.42 Å². The Morgan fingerprint density at radius 1 is 1.56 bits per heavy atom. The van der Waals surface area contributed by atoms with Crippen molar-refractivity contribution in [2.24, 2.45) is 0 Å². The molecular formula is C7H3NO. The van der Waals surface area contributed by atoms with Crippen LogP contribution < -0.4 is 0 Å². The van der Waals surface area contributed by atoms with E-state index in [0.29, 0.717) is 0 Å². The van der Waals surface area contributed by atoms with Crippen molar-refractivity contribution in [2.75, 3.05) is 0 Å². The number of hydrogen-bond acceptors (Lipinski definition) is 2. The monoisotopic (exact) mass is 117 g/mol. The van der Waals surface area contributed by atoms with Crippen LogP contribution >= 0.6 is 0 Å². The Morgan fingerprint density at radius 2 is 2.56 bits per heavy atom. The van der Waals surface area contributed by atoms with Gasteiger partial charge in [0.05, 0.1) is 0 Å². The SMILES string of the molecule is c1ccc2ocnc2c#1. The first-order chi connectivity index (χ1) is 4.47. The van der Waals surface area contributed by atoms with E-state index in [9.17, 15) is 0 Å². The quantitative estimate of drug-likeness (QED) is 0.521. The molecule has 0 unspecified atom stereocenters. The van der Waals surface area contributed by atoms with Crippen LogP contribution in [0, 0.1) is 12.1 Å². The number of oxazole rings is 1. The molecule has 1 aromatic heterocycles. The van der Waals surface area contributed by atoms with Gasteiger partial charge in [0.25, 0.3) is 0 Å². The summed E-state index contributed by atoms with van der Waals surface area (Å²) in [5.41, 5.74) is 1.49. The molecule has 42 valence electrons. The molecule has 2 nitrogen and oxygen atoms in total. The summed E-state index contributed by atoms with van der Waals surface area (Å²) >= 11 is 0. The minimum absolute atomic E-state index is 0.734. The van der Waals surface area contributed by atoms with E-state index in [1.165, 1.54) is 6.39 Å². The van der Waals surface area contributed by atoms with Crippen LogP contribution in [0.5, 0.6) is 0 Å². The molecule has 1 heterocycles. The second-order valence-electron chi connectivity index (χ2n) is 1.67. The molecule has 0 aliphatic carbocycles. The van der Waals surface area contributed by atoms with Crippen molar-refractivity contribution >= 4 is 11.1 Å². The van der Waals surface area contributed by atoms with Crippen LogP contribution in [0.1, 0.15) is 0 Å². The van der Waals surface area contributed by atoms with Crippen LogP contribution in [0.2, 0.25) is 0 Å². The standard InChI is InChI=1S/C7H3NO/c1-2-4-7-6(3-1)8-5-9-7/h2,4-5H. The highest BCUT2D eigenvalue weighted by Crippen LogP contribution is 2.05. The van der Waals surface area contributed by atoms with E-state index in [1.54, 1.807) is 12.1 Å². The molecular weight excluding hydrogens is 114 g/mol. The van der Waals surface area contributed by atoms with E-state index in [2.05, 4.69) is 17.1 Å². The maximum Gasteiger partial charge on any atom is 0.182 e. The minimum atomic E-state index is 0.734. The molecule has 0 aliphatic rings. The van der Waals surface area contributed by atoms with Crippen molar-refractivity contribution in [2.45, 2.75) is 0 Å². The lowest BCUT2D eigenvalue weighted by Gasteiger charge is -1.73. The van der Waals surface area contributed by atoms with Crippen molar-refractivity contribution in [3.05, 3.63) is 30.7 Å². The van der Waals surface area contributed by atoms with E-state index >= 15 is 0 Å². The summed E-state index contributed by atoms with van der Waals surface area (Å²) in [6.07, 6.45) is 1.40. The Bertz CT molecular complexity index is 283. The fourth-order valence-corrected chi connectivity index (χ4v) is 0.695. The van der Waals surface area contributed by atoms with Gasteiger partial charge in [-0.05, 0) is 18.2 Å². The van der Waals surface area contributed by atoms with E-state index in [-0.39, 0.29) is 0 Å². The van der Waals surface area contributed by atoms with Crippen LogP contribution in [-0.2, 0) is 0 Å². The van der Waals surface area contributed by atoms with Crippen LogP contribution in [0.3, 0.4) is 0 Å². The summed E-state index contributed by atoms with van der Waals surface area (Å²) in [6.45, 7) is 0. The van der Waals surface area contributed by atoms with Crippen molar-refractivity contribution < 1.29 is 4.42 Å². The summed E-state index contributed by atoms with van der Waals surface area (Å²) in [4.78, 5) is 3.87. The fourth-order valence-electron chi connectivity index (χ4n) is 0.695. The first kappa shape index (κ1) is 4.39. The van der Waals surface area contributed by atoms with Crippen LogP contribution in [-0.4, -0.2) is 4.98 Å². The van der Waals surface area contributed by atoms with E-state index in [1.807, 2.05) is 0 Å². The molecule has 0 saturated heterocycles. The van der Waals surface area contributed by atoms with Gasteiger partial charge in [0, 0.05) is 0 Å².